The third-order valence-electron chi connectivity index (χ3n) is 3.59. The zero-order valence-corrected chi connectivity index (χ0v) is 11.7. The van der Waals surface area contributed by atoms with E-state index in [1.165, 1.54) is 11.1 Å². The van der Waals surface area contributed by atoms with Gasteiger partial charge in [-0.1, -0.05) is 60.7 Å². The summed E-state index contributed by atoms with van der Waals surface area (Å²) in [5.41, 5.74) is 8.08. The van der Waals surface area contributed by atoms with Gasteiger partial charge in [-0.2, -0.15) is 0 Å². The van der Waals surface area contributed by atoms with Crippen LogP contribution in [0.15, 0.2) is 60.7 Å². The Morgan fingerprint density at radius 1 is 0.950 bits per heavy atom. The fraction of sp³-hybridized carbons (Fsp3) is 0.294. The predicted octanol–water partition coefficient (Wildman–Crippen LogP) is 2.72. The van der Waals surface area contributed by atoms with Gasteiger partial charge in [0.25, 0.3) is 0 Å². The maximum Gasteiger partial charge on any atom is 0.156 e. The van der Waals surface area contributed by atoms with E-state index in [4.69, 9.17) is 10.5 Å². The summed E-state index contributed by atoms with van der Waals surface area (Å²) in [7, 11) is 0. The molecule has 0 spiro atoms. The number of hydrogen-bond acceptors (Lipinski definition) is 3. The topological polar surface area (TPSA) is 41.8 Å². The number of benzene rings is 2. The predicted molar refractivity (Wildman–Crippen MR) is 79.6 cm³/mol. The van der Waals surface area contributed by atoms with Crippen LogP contribution in [0.2, 0.25) is 0 Å². The average molecular weight is 268 g/mol. The number of epoxide rings is 1. The van der Waals surface area contributed by atoms with Crippen LogP contribution in [0.25, 0.3) is 0 Å². The molecule has 2 aromatic rings. The van der Waals surface area contributed by atoms with Crippen LogP contribution < -0.4 is 5.73 Å². The summed E-state index contributed by atoms with van der Waals surface area (Å²) >= 11 is 0. The first kappa shape index (κ1) is 13.3. The molecule has 0 saturated carbocycles. The number of hydrogen-bond donors (Lipinski definition) is 1. The van der Waals surface area contributed by atoms with Gasteiger partial charge in [0.05, 0.1) is 0 Å². The Morgan fingerprint density at radius 2 is 1.35 bits per heavy atom. The lowest BCUT2D eigenvalue weighted by Crippen LogP contribution is -2.34. The highest BCUT2D eigenvalue weighted by Gasteiger charge is 2.52. The molecule has 1 aliphatic rings. The summed E-state index contributed by atoms with van der Waals surface area (Å²) in [6.45, 7) is 3.61. The second-order valence-electron chi connectivity index (χ2n) is 5.53. The van der Waals surface area contributed by atoms with Crippen LogP contribution in [0.4, 0.5) is 0 Å². The average Bonchev–Trinajstić information content (AvgIpc) is 3.09. The van der Waals surface area contributed by atoms with E-state index in [1.807, 2.05) is 19.1 Å². The number of rotatable bonds is 5. The quantitative estimate of drug-likeness (QED) is 0.848. The fourth-order valence-corrected chi connectivity index (χ4v) is 2.50. The molecule has 1 saturated heterocycles. The minimum absolute atomic E-state index is 0.0112. The van der Waals surface area contributed by atoms with Gasteiger partial charge in [-0.25, -0.2) is 0 Å². The summed E-state index contributed by atoms with van der Waals surface area (Å²) in [4.78, 5) is 2.28. The highest BCUT2D eigenvalue weighted by atomic mass is 16.6. The summed E-state index contributed by atoms with van der Waals surface area (Å²) in [5, 5.41) is 0. The molecule has 2 N–H and O–H groups in total. The Labute approximate surface area is 120 Å². The SMILES string of the molecule is C[C@]1(N)O[C@@H]1N(Cc1ccccc1)Cc1ccccc1. The molecule has 104 valence electrons. The zero-order valence-electron chi connectivity index (χ0n) is 11.7. The van der Waals surface area contributed by atoms with Crippen LogP contribution in [0.1, 0.15) is 18.1 Å². The van der Waals surface area contributed by atoms with Crippen LogP contribution in [0, 0.1) is 0 Å². The van der Waals surface area contributed by atoms with E-state index in [0.29, 0.717) is 0 Å². The van der Waals surface area contributed by atoms with Crippen molar-refractivity contribution in [3.63, 3.8) is 0 Å². The molecule has 2 aromatic carbocycles. The lowest BCUT2D eigenvalue weighted by molar-refractivity contribution is 0.159. The molecule has 3 heteroatoms. The molecule has 0 bridgehead atoms. The van der Waals surface area contributed by atoms with Crippen molar-refractivity contribution in [2.75, 3.05) is 0 Å². The van der Waals surface area contributed by atoms with Gasteiger partial charge in [0.1, 0.15) is 0 Å². The van der Waals surface area contributed by atoms with E-state index in [2.05, 4.69) is 53.4 Å². The number of ether oxygens (including phenoxy) is 1. The maximum atomic E-state index is 6.05. The molecule has 0 amide bonds. The van der Waals surface area contributed by atoms with Gasteiger partial charge in [0.2, 0.25) is 0 Å². The van der Waals surface area contributed by atoms with Gasteiger partial charge < -0.3 is 10.5 Å². The Bertz CT molecular complexity index is 512. The minimum atomic E-state index is -0.524. The van der Waals surface area contributed by atoms with Crippen molar-refractivity contribution >= 4 is 0 Å². The van der Waals surface area contributed by atoms with Crippen molar-refractivity contribution < 1.29 is 4.74 Å². The van der Waals surface area contributed by atoms with Crippen LogP contribution in [-0.4, -0.2) is 16.9 Å². The van der Waals surface area contributed by atoms with Crippen LogP contribution in [-0.2, 0) is 17.8 Å². The van der Waals surface area contributed by atoms with Gasteiger partial charge in [0, 0.05) is 13.1 Å². The molecule has 20 heavy (non-hydrogen) atoms. The first-order chi connectivity index (χ1) is 9.65. The highest BCUT2D eigenvalue weighted by Crippen LogP contribution is 2.35. The van der Waals surface area contributed by atoms with E-state index in [0.717, 1.165) is 13.1 Å². The smallest absolute Gasteiger partial charge is 0.156 e. The van der Waals surface area contributed by atoms with Gasteiger partial charge in [-0.05, 0) is 18.1 Å². The lowest BCUT2D eigenvalue weighted by atomic mass is 10.1. The van der Waals surface area contributed by atoms with Crippen LogP contribution in [0.3, 0.4) is 0 Å². The molecular formula is C17H20N2O. The third kappa shape index (κ3) is 3.07. The largest absolute Gasteiger partial charge is 0.334 e. The molecule has 1 fully saturated rings. The van der Waals surface area contributed by atoms with E-state index in [1.54, 1.807) is 0 Å². The Balaban J connectivity index is 1.75. The summed E-state index contributed by atoms with van der Waals surface area (Å²) in [6, 6.07) is 20.8. The number of nitrogens with two attached hydrogens (primary N) is 1. The highest BCUT2D eigenvalue weighted by molar-refractivity contribution is 5.18. The van der Waals surface area contributed by atoms with Crippen molar-refractivity contribution in [1.82, 2.24) is 4.90 Å². The molecular weight excluding hydrogens is 248 g/mol. The van der Waals surface area contributed by atoms with Crippen LogP contribution in [0.5, 0.6) is 0 Å². The van der Waals surface area contributed by atoms with Gasteiger partial charge in [-0.15, -0.1) is 0 Å². The maximum absolute atomic E-state index is 6.05. The molecule has 0 aromatic heterocycles. The second kappa shape index (κ2) is 5.37. The van der Waals surface area contributed by atoms with E-state index < -0.39 is 5.72 Å². The van der Waals surface area contributed by atoms with Gasteiger partial charge >= 0.3 is 0 Å². The summed E-state index contributed by atoms with van der Waals surface area (Å²) in [6.07, 6.45) is -0.0112. The minimum Gasteiger partial charge on any atom is -0.334 e. The Hall–Kier alpha value is -1.68. The van der Waals surface area contributed by atoms with Crippen LogP contribution >= 0.6 is 0 Å². The lowest BCUT2D eigenvalue weighted by Gasteiger charge is -2.21. The van der Waals surface area contributed by atoms with Crippen molar-refractivity contribution in [3.8, 4) is 0 Å². The van der Waals surface area contributed by atoms with Crippen molar-refractivity contribution in [2.24, 2.45) is 5.73 Å². The molecule has 3 nitrogen and oxygen atoms in total. The van der Waals surface area contributed by atoms with Crippen molar-refractivity contribution in [2.45, 2.75) is 32.0 Å². The fourth-order valence-electron chi connectivity index (χ4n) is 2.50. The Morgan fingerprint density at radius 3 is 1.70 bits per heavy atom. The molecule has 3 rings (SSSR count). The molecule has 1 heterocycles. The summed E-state index contributed by atoms with van der Waals surface area (Å²) in [5.74, 6) is 0. The van der Waals surface area contributed by atoms with E-state index in [-0.39, 0.29) is 6.23 Å². The molecule has 0 unspecified atom stereocenters. The van der Waals surface area contributed by atoms with E-state index >= 15 is 0 Å². The van der Waals surface area contributed by atoms with Gasteiger partial charge in [-0.3, -0.25) is 4.90 Å². The first-order valence-corrected chi connectivity index (χ1v) is 6.94. The standard InChI is InChI=1S/C17H20N2O/c1-17(18)16(20-17)19(12-14-8-4-2-5-9-14)13-15-10-6-3-7-11-15/h2-11,16H,12-13,18H2,1H3/t16-,17-/m0/s1. The molecule has 0 radical (unpaired) electrons. The normalized spacial score (nSPS) is 24.9. The molecule has 0 aliphatic carbocycles. The third-order valence-corrected chi connectivity index (χ3v) is 3.59. The molecule has 2 atom stereocenters. The Kier molecular flexibility index (Phi) is 3.57. The van der Waals surface area contributed by atoms with Gasteiger partial charge in [0.15, 0.2) is 12.0 Å². The van der Waals surface area contributed by atoms with Crippen molar-refractivity contribution in [3.05, 3.63) is 71.8 Å². The van der Waals surface area contributed by atoms with E-state index in [9.17, 15) is 0 Å². The monoisotopic (exact) mass is 268 g/mol. The number of nitrogens with zero attached hydrogens (tertiary/aromatic N) is 1. The summed E-state index contributed by atoms with van der Waals surface area (Å²) < 4.78 is 5.61. The molecule has 1 aliphatic heterocycles. The second-order valence-corrected chi connectivity index (χ2v) is 5.53. The zero-order chi connectivity index (χ0) is 14.0. The first-order valence-electron chi connectivity index (χ1n) is 6.94. The van der Waals surface area contributed by atoms with Crippen molar-refractivity contribution in [1.29, 1.82) is 0 Å².